The maximum Gasteiger partial charge on any atom is 0.256 e. The van der Waals surface area contributed by atoms with Gasteiger partial charge in [0.2, 0.25) is 11.8 Å². The van der Waals surface area contributed by atoms with Gasteiger partial charge in [-0.1, -0.05) is 23.2 Å². The second kappa shape index (κ2) is 5.19. The lowest BCUT2D eigenvalue weighted by molar-refractivity contribution is -0.138. The summed E-state index contributed by atoms with van der Waals surface area (Å²) < 4.78 is 0. The fraction of sp³-hybridized carbons (Fsp3) is 0.250. The molecule has 3 amide bonds. The lowest BCUT2D eigenvalue weighted by Gasteiger charge is -2.31. The van der Waals surface area contributed by atoms with E-state index in [1.165, 1.54) is 23.1 Å². The van der Waals surface area contributed by atoms with E-state index in [1.54, 1.807) is 6.92 Å². The largest absolute Gasteiger partial charge is 0.318 e. The van der Waals surface area contributed by atoms with E-state index in [1.807, 2.05) is 0 Å². The molecule has 0 aromatic heterocycles. The van der Waals surface area contributed by atoms with Gasteiger partial charge in [-0.2, -0.15) is 0 Å². The lowest BCUT2D eigenvalue weighted by atomic mass is 10.1. The Morgan fingerprint density at radius 1 is 1.37 bits per heavy atom. The molecule has 1 aliphatic heterocycles. The number of hydrogen-bond acceptors (Lipinski definition) is 3. The van der Waals surface area contributed by atoms with Crippen LogP contribution in [0, 0.1) is 0 Å². The van der Waals surface area contributed by atoms with Gasteiger partial charge in [-0.05, 0) is 25.1 Å². The molecule has 1 fully saturated rings. The average Bonchev–Trinajstić information content (AvgIpc) is 2.33. The molecule has 0 radical (unpaired) electrons. The molecule has 1 aromatic rings. The third kappa shape index (κ3) is 2.72. The van der Waals surface area contributed by atoms with E-state index in [-0.39, 0.29) is 17.1 Å². The van der Waals surface area contributed by atoms with Crippen LogP contribution < -0.4 is 5.32 Å². The number of rotatable bonds is 1. The molecule has 100 valence electrons. The highest BCUT2D eigenvalue weighted by atomic mass is 35.5. The summed E-state index contributed by atoms with van der Waals surface area (Å²) in [5, 5.41) is 2.75. The van der Waals surface area contributed by atoms with E-state index >= 15 is 0 Å². The van der Waals surface area contributed by atoms with Gasteiger partial charge in [-0.3, -0.25) is 19.7 Å². The maximum absolute atomic E-state index is 12.3. The molecular weight excluding hydrogens is 291 g/mol. The predicted octanol–water partition coefficient (Wildman–Crippen LogP) is 1.48. The number of carbonyl (C=O) groups is 3. The van der Waals surface area contributed by atoms with Crippen LogP contribution in [0.2, 0.25) is 10.0 Å². The van der Waals surface area contributed by atoms with Gasteiger partial charge in [0.05, 0.1) is 10.6 Å². The van der Waals surface area contributed by atoms with Crippen LogP contribution in [0.3, 0.4) is 0 Å². The number of benzene rings is 1. The van der Waals surface area contributed by atoms with Gasteiger partial charge in [0.15, 0.2) is 0 Å². The first-order valence-corrected chi connectivity index (χ1v) is 6.25. The van der Waals surface area contributed by atoms with Crippen molar-refractivity contribution < 1.29 is 14.4 Å². The topological polar surface area (TPSA) is 66.5 Å². The Morgan fingerprint density at radius 3 is 2.68 bits per heavy atom. The van der Waals surface area contributed by atoms with Crippen LogP contribution in [0.1, 0.15) is 17.3 Å². The number of imide groups is 1. The van der Waals surface area contributed by atoms with E-state index in [0.717, 1.165) is 0 Å². The van der Waals surface area contributed by atoms with Gasteiger partial charge in [-0.25, -0.2) is 0 Å². The monoisotopic (exact) mass is 300 g/mol. The van der Waals surface area contributed by atoms with Crippen LogP contribution in [0.25, 0.3) is 0 Å². The molecule has 1 N–H and O–H groups in total. The summed E-state index contributed by atoms with van der Waals surface area (Å²) in [4.78, 5) is 36.3. The molecule has 0 spiro atoms. The van der Waals surface area contributed by atoms with Crippen LogP contribution in [-0.2, 0) is 9.59 Å². The molecule has 0 saturated carbocycles. The van der Waals surface area contributed by atoms with Gasteiger partial charge in [-0.15, -0.1) is 0 Å². The van der Waals surface area contributed by atoms with E-state index < -0.39 is 23.8 Å². The lowest BCUT2D eigenvalue weighted by Crippen LogP contribution is -2.58. The Hall–Kier alpha value is -1.59. The van der Waals surface area contributed by atoms with Crippen molar-refractivity contribution in [2.24, 2.45) is 0 Å². The molecular formula is C12H10Cl2N2O3. The first kappa shape index (κ1) is 13.8. The number of nitrogens with zero attached hydrogens (tertiary/aromatic N) is 1. The molecule has 0 bridgehead atoms. The van der Waals surface area contributed by atoms with Crippen LogP contribution in [0.15, 0.2) is 18.2 Å². The summed E-state index contributed by atoms with van der Waals surface area (Å²) in [6.07, 6.45) is 0. The third-order valence-corrected chi connectivity index (χ3v) is 3.39. The van der Waals surface area contributed by atoms with Gasteiger partial charge in [0.25, 0.3) is 5.91 Å². The zero-order valence-corrected chi connectivity index (χ0v) is 11.5. The van der Waals surface area contributed by atoms with E-state index in [2.05, 4.69) is 5.32 Å². The van der Waals surface area contributed by atoms with Crippen molar-refractivity contribution in [3.63, 3.8) is 0 Å². The molecule has 7 heteroatoms. The number of halogens is 2. The second-order valence-corrected chi connectivity index (χ2v) is 4.99. The highest BCUT2D eigenvalue weighted by Gasteiger charge is 2.34. The van der Waals surface area contributed by atoms with Crippen molar-refractivity contribution in [2.75, 3.05) is 6.54 Å². The van der Waals surface area contributed by atoms with Crippen molar-refractivity contribution in [3.05, 3.63) is 33.8 Å². The molecule has 1 aromatic carbocycles. The summed E-state index contributed by atoms with van der Waals surface area (Å²) in [6.45, 7) is 1.37. The van der Waals surface area contributed by atoms with Crippen LogP contribution in [0.5, 0.6) is 0 Å². The maximum atomic E-state index is 12.3. The number of piperazine rings is 1. The SMILES string of the molecule is CC1C(=O)NC(=O)CN1C(=O)c1ccc(Cl)cc1Cl. The summed E-state index contributed by atoms with van der Waals surface area (Å²) in [7, 11) is 0. The number of nitrogens with one attached hydrogen (secondary N) is 1. The Morgan fingerprint density at radius 2 is 2.05 bits per heavy atom. The van der Waals surface area contributed by atoms with Crippen LogP contribution >= 0.6 is 23.2 Å². The second-order valence-electron chi connectivity index (χ2n) is 4.15. The van der Waals surface area contributed by atoms with Gasteiger partial charge in [0, 0.05) is 5.02 Å². The molecule has 1 heterocycles. The van der Waals surface area contributed by atoms with Crippen molar-refractivity contribution >= 4 is 40.9 Å². The average molecular weight is 301 g/mol. The minimum Gasteiger partial charge on any atom is -0.318 e. The van der Waals surface area contributed by atoms with Crippen molar-refractivity contribution in [2.45, 2.75) is 13.0 Å². The fourth-order valence-corrected chi connectivity index (χ4v) is 2.27. The van der Waals surface area contributed by atoms with Gasteiger partial charge >= 0.3 is 0 Å². The normalized spacial score (nSPS) is 19.3. The Labute approximate surface area is 119 Å². The first-order chi connectivity index (χ1) is 8.90. The molecule has 2 rings (SSSR count). The van der Waals surface area contributed by atoms with Gasteiger partial charge < -0.3 is 4.90 Å². The van der Waals surface area contributed by atoms with Crippen LogP contribution in [0.4, 0.5) is 0 Å². The predicted molar refractivity (Wildman–Crippen MR) is 70.1 cm³/mol. The van der Waals surface area contributed by atoms with Crippen molar-refractivity contribution in [1.29, 1.82) is 0 Å². The number of amides is 3. The first-order valence-electron chi connectivity index (χ1n) is 5.50. The minimum atomic E-state index is -0.725. The quantitative estimate of drug-likeness (QED) is 0.799. The summed E-state index contributed by atoms with van der Waals surface area (Å²) in [6, 6.07) is 3.71. The smallest absolute Gasteiger partial charge is 0.256 e. The highest BCUT2D eigenvalue weighted by molar-refractivity contribution is 6.36. The zero-order chi connectivity index (χ0) is 14.2. The van der Waals surface area contributed by atoms with Crippen LogP contribution in [-0.4, -0.2) is 35.2 Å². The summed E-state index contributed by atoms with van der Waals surface area (Å²) in [5.74, 6) is -1.49. The standard InChI is InChI=1S/C12H10Cl2N2O3/c1-6-11(18)15-10(17)5-16(6)12(19)8-3-2-7(13)4-9(8)14/h2-4,6H,5H2,1H3,(H,15,17,18). The number of hydrogen-bond donors (Lipinski definition) is 1. The van der Waals surface area contributed by atoms with Crippen molar-refractivity contribution in [1.82, 2.24) is 10.2 Å². The van der Waals surface area contributed by atoms with Gasteiger partial charge in [0.1, 0.15) is 12.6 Å². The Balaban J connectivity index is 2.32. The van der Waals surface area contributed by atoms with Crippen molar-refractivity contribution in [3.8, 4) is 0 Å². The molecule has 19 heavy (non-hydrogen) atoms. The Kier molecular flexibility index (Phi) is 3.78. The van der Waals surface area contributed by atoms with E-state index in [4.69, 9.17) is 23.2 Å². The zero-order valence-electron chi connectivity index (χ0n) is 9.94. The molecule has 0 aliphatic carbocycles. The summed E-state index contributed by atoms with van der Waals surface area (Å²) >= 11 is 11.7. The minimum absolute atomic E-state index is 0.176. The summed E-state index contributed by atoms with van der Waals surface area (Å²) in [5.41, 5.74) is 0.209. The molecule has 1 saturated heterocycles. The Bertz CT molecular complexity index is 574. The highest BCUT2D eigenvalue weighted by Crippen LogP contribution is 2.23. The molecule has 1 aliphatic rings. The molecule has 1 unspecified atom stereocenters. The van der Waals surface area contributed by atoms with E-state index in [0.29, 0.717) is 5.02 Å². The molecule has 5 nitrogen and oxygen atoms in total. The number of carbonyl (C=O) groups excluding carboxylic acids is 3. The molecule has 1 atom stereocenters. The van der Waals surface area contributed by atoms with E-state index in [9.17, 15) is 14.4 Å². The third-order valence-electron chi connectivity index (χ3n) is 2.85. The fourth-order valence-electron chi connectivity index (χ4n) is 1.78.